The summed E-state index contributed by atoms with van der Waals surface area (Å²) in [6.07, 6.45) is 3.10. The number of halogens is 2. The van der Waals surface area contributed by atoms with Crippen molar-refractivity contribution < 1.29 is 13.9 Å². The van der Waals surface area contributed by atoms with Crippen LogP contribution in [0.4, 0.5) is 11.4 Å². The summed E-state index contributed by atoms with van der Waals surface area (Å²) in [5, 5.41) is 15.2. The number of nitrogens with one attached hydrogen (secondary N) is 3. The van der Waals surface area contributed by atoms with Gasteiger partial charge in [0.25, 0.3) is 5.68 Å². The number of benzene rings is 2. The number of oxazole rings is 1. The molecular weight excluding hydrogens is 521 g/mol. The number of hydrogen-bond acceptors (Lipinski definition) is 6. The van der Waals surface area contributed by atoms with Crippen molar-refractivity contribution >= 4 is 57.9 Å². The molecule has 1 unspecified atom stereocenters. The van der Waals surface area contributed by atoms with Crippen LogP contribution in [0.1, 0.15) is 38.8 Å². The number of carbonyl (C=O) groups excluding carboxylic acids is 1. The van der Waals surface area contributed by atoms with E-state index in [1.54, 1.807) is 55.8 Å². The van der Waals surface area contributed by atoms with Gasteiger partial charge in [0.1, 0.15) is 12.9 Å². The first-order chi connectivity index (χ1) is 16.8. The van der Waals surface area contributed by atoms with Gasteiger partial charge >= 0.3 is 5.97 Å². The van der Waals surface area contributed by atoms with Crippen LogP contribution < -0.4 is 22.1 Å². The Morgan fingerprint density at radius 2 is 1.92 bits per heavy atom. The molecule has 0 aliphatic heterocycles. The number of nitrogen functional groups attached to an aromatic ring is 1. The summed E-state index contributed by atoms with van der Waals surface area (Å²) < 4.78 is 12.3. The summed E-state index contributed by atoms with van der Waals surface area (Å²) >= 11 is 18.0. The Kier molecular flexibility index (Phi) is 8.38. The number of nitrogens with zero attached hydrogens (tertiary/aromatic N) is 1. The van der Waals surface area contributed by atoms with E-state index in [2.05, 4.69) is 10.6 Å². The Morgan fingerprint density at radius 1 is 1.19 bits per heavy atom. The van der Waals surface area contributed by atoms with Gasteiger partial charge in [-0.3, -0.25) is 14.8 Å². The first-order valence-electron chi connectivity index (χ1n) is 11.1. The van der Waals surface area contributed by atoms with Gasteiger partial charge in [-0.1, -0.05) is 41.4 Å². The maximum absolute atomic E-state index is 12.5. The van der Waals surface area contributed by atoms with Crippen molar-refractivity contribution in [2.24, 2.45) is 5.41 Å². The molecule has 0 saturated heterocycles. The molecule has 0 bridgehead atoms. The Labute approximate surface area is 225 Å². The maximum Gasteiger partial charge on any atom is 0.311 e. The standard InChI is InChI=1S/C25H29Cl2N5O3S/c1-24(2,3)21(33)35-14-25(4,16-8-9-17(26)18(27)12-16)31-23(36)30-19-7-5-6-15(20(19)28)13-32-10-11-34-22(32)29/h5-12,29H,13-14,28H2,1-4H3,(H2,30,31,36). The first-order valence-corrected chi connectivity index (χ1v) is 12.2. The van der Waals surface area contributed by atoms with Crippen molar-refractivity contribution in [1.29, 1.82) is 5.41 Å². The average Bonchev–Trinajstić information content (AvgIpc) is 3.20. The van der Waals surface area contributed by atoms with Crippen molar-refractivity contribution in [1.82, 2.24) is 9.88 Å². The zero-order chi connectivity index (χ0) is 26.7. The summed E-state index contributed by atoms with van der Waals surface area (Å²) in [6, 6.07) is 10.7. The highest BCUT2D eigenvalue weighted by atomic mass is 35.5. The van der Waals surface area contributed by atoms with Gasteiger partial charge in [-0.25, -0.2) is 0 Å². The number of thiocarbonyl (C=S) groups is 1. The van der Waals surface area contributed by atoms with E-state index < -0.39 is 11.0 Å². The van der Waals surface area contributed by atoms with Crippen LogP contribution in [-0.4, -0.2) is 22.3 Å². The van der Waals surface area contributed by atoms with Crippen LogP contribution in [0.15, 0.2) is 53.3 Å². The fourth-order valence-electron chi connectivity index (χ4n) is 3.33. The van der Waals surface area contributed by atoms with E-state index >= 15 is 0 Å². The van der Waals surface area contributed by atoms with Gasteiger partial charge in [0.05, 0.1) is 38.9 Å². The van der Waals surface area contributed by atoms with Crippen LogP contribution in [0.25, 0.3) is 0 Å². The van der Waals surface area contributed by atoms with Crippen LogP contribution in [0.2, 0.25) is 10.0 Å². The Bertz CT molecular complexity index is 1330. The number of hydrogen-bond donors (Lipinski definition) is 4. The van der Waals surface area contributed by atoms with Crippen LogP contribution >= 0.6 is 35.4 Å². The fraction of sp³-hybridized carbons (Fsp3) is 0.320. The molecule has 3 aromatic rings. The zero-order valence-electron chi connectivity index (χ0n) is 20.4. The molecule has 0 radical (unpaired) electrons. The second-order valence-electron chi connectivity index (χ2n) is 9.58. The normalized spacial score (nSPS) is 13.1. The molecule has 11 heteroatoms. The van der Waals surface area contributed by atoms with Crippen molar-refractivity contribution in [3.63, 3.8) is 0 Å². The van der Waals surface area contributed by atoms with Gasteiger partial charge in [0.15, 0.2) is 5.11 Å². The predicted octanol–water partition coefficient (Wildman–Crippen LogP) is 5.29. The van der Waals surface area contributed by atoms with Gasteiger partial charge in [-0.05, 0) is 69.2 Å². The van der Waals surface area contributed by atoms with Crippen molar-refractivity contribution in [3.05, 3.63) is 75.7 Å². The molecule has 5 N–H and O–H groups in total. The smallest absolute Gasteiger partial charge is 0.311 e. The monoisotopic (exact) mass is 549 g/mol. The first kappa shape index (κ1) is 27.6. The van der Waals surface area contributed by atoms with Crippen molar-refractivity contribution in [3.8, 4) is 0 Å². The molecule has 3 rings (SSSR count). The number of aromatic nitrogens is 1. The van der Waals surface area contributed by atoms with Gasteiger partial charge in [0, 0.05) is 6.20 Å². The highest BCUT2D eigenvalue weighted by Gasteiger charge is 2.33. The Morgan fingerprint density at radius 3 is 2.53 bits per heavy atom. The van der Waals surface area contributed by atoms with Crippen molar-refractivity contribution in [2.45, 2.75) is 39.8 Å². The number of para-hydroxylation sites is 1. The summed E-state index contributed by atoms with van der Waals surface area (Å²) in [5.74, 6) is -0.350. The molecular formula is C25H29Cl2N5O3S. The minimum atomic E-state index is -0.932. The van der Waals surface area contributed by atoms with Gasteiger partial charge in [0.2, 0.25) is 0 Å². The molecule has 0 aliphatic carbocycles. The van der Waals surface area contributed by atoms with E-state index in [4.69, 9.17) is 55.7 Å². The highest BCUT2D eigenvalue weighted by molar-refractivity contribution is 7.80. The third kappa shape index (κ3) is 6.60. The number of ether oxygens (including phenoxy) is 1. The quantitative estimate of drug-likeness (QED) is 0.179. The van der Waals surface area contributed by atoms with Gasteiger partial charge in [-0.2, -0.15) is 0 Å². The lowest BCUT2D eigenvalue weighted by molar-refractivity contribution is -0.155. The summed E-state index contributed by atoms with van der Waals surface area (Å²) in [6.45, 7) is 7.55. The number of anilines is 2. The Balaban J connectivity index is 1.83. The average molecular weight is 551 g/mol. The SMILES string of the molecule is CC(C)(C)C(=O)OCC(C)(NC(=S)Nc1cccc(Cn2ccoc2=N)c1N)c1ccc(Cl)c(Cl)c1. The number of nitrogens with two attached hydrogens (primary N) is 1. The Hall–Kier alpha value is -3.01. The molecule has 192 valence electrons. The van der Waals surface area contributed by atoms with Gasteiger partial charge < -0.3 is 25.5 Å². The second-order valence-corrected chi connectivity index (χ2v) is 10.8. The topological polar surface area (TPSA) is 118 Å². The van der Waals surface area contributed by atoms with Gasteiger partial charge in [-0.15, -0.1) is 0 Å². The van der Waals surface area contributed by atoms with E-state index in [1.165, 1.54) is 6.26 Å². The lowest BCUT2D eigenvalue weighted by Crippen LogP contribution is -2.49. The maximum atomic E-state index is 12.5. The fourth-order valence-corrected chi connectivity index (χ4v) is 3.97. The van der Waals surface area contributed by atoms with E-state index in [1.807, 2.05) is 19.1 Å². The molecule has 1 heterocycles. The molecule has 8 nitrogen and oxygen atoms in total. The molecule has 1 aromatic heterocycles. The minimum absolute atomic E-state index is 0.0121. The highest BCUT2D eigenvalue weighted by Crippen LogP contribution is 2.30. The second kappa shape index (κ2) is 10.9. The summed E-state index contributed by atoms with van der Waals surface area (Å²) in [4.78, 5) is 12.5. The summed E-state index contributed by atoms with van der Waals surface area (Å²) in [5.41, 5.74) is 7.39. The molecule has 36 heavy (non-hydrogen) atoms. The largest absolute Gasteiger partial charge is 0.462 e. The van der Waals surface area contributed by atoms with Crippen molar-refractivity contribution in [2.75, 3.05) is 17.7 Å². The number of esters is 1. The lowest BCUT2D eigenvalue weighted by atomic mass is 9.92. The van der Waals surface area contributed by atoms with E-state index in [0.717, 1.165) is 11.1 Å². The minimum Gasteiger partial charge on any atom is -0.462 e. The van der Waals surface area contributed by atoms with Crippen LogP contribution in [-0.2, 0) is 21.6 Å². The van der Waals surface area contributed by atoms with E-state index in [0.29, 0.717) is 28.0 Å². The number of rotatable bonds is 7. The molecule has 0 amide bonds. The van der Waals surface area contributed by atoms with E-state index in [9.17, 15) is 4.79 Å². The molecule has 0 fully saturated rings. The molecule has 0 aliphatic rings. The molecule has 1 atom stereocenters. The zero-order valence-corrected chi connectivity index (χ0v) is 22.8. The third-order valence-corrected chi connectivity index (χ3v) is 6.46. The lowest BCUT2D eigenvalue weighted by Gasteiger charge is -2.33. The third-order valence-electron chi connectivity index (χ3n) is 5.52. The van der Waals surface area contributed by atoms with Crippen LogP contribution in [0, 0.1) is 10.8 Å². The molecule has 0 saturated carbocycles. The van der Waals surface area contributed by atoms with Crippen LogP contribution in [0.3, 0.4) is 0 Å². The predicted molar refractivity (Wildman–Crippen MR) is 146 cm³/mol. The molecule has 0 spiro atoms. The van der Waals surface area contributed by atoms with Crippen LogP contribution in [0.5, 0.6) is 0 Å². The number of carbonyl (C=O) groups is 1. The summed E-state index contributed by atoms with van der Waals surface area (Å²) in [7, 11) is 0. The van der Waals surface area contributed by atoms with E-state index in [-0.39, 0.29) is 23.4 Å². The molecule has 2 aromatic carbocycles.